The molecule has 162 valence electrons. The van der Waals surface area contributed by atoms with Crippen molar-refractivity contribution in [3.63, 3.8) is 0 Å². The van der Waals surface area contributed by atoms with Crippen LogP contribution in [-0.4, -0.2) is 73.4 Å². The lowest BCUT2D eigenvalue weighted by molar-refractivity contribution is 0.0887. The van der Waals surface area contributed by atoms with E-state index in [1.807, 2.05) is 24.3 Å². The first-order chi connectivity index (χ1) is 14.7. The summed E-state index contributed by atoms with van der Waals surface area (Å²) in [6.45, 7) is 7.95. The zero-order chi connectivity index (χ0) is 20.8. The number of piperidine rings is 1. The number of ether oxygens (including phenoxy) is 1. The Balaban J connectivity index is 1.29. The normalized spacial score (nSPS) is 21.0. The number of likely N-dealkylation sites (tertiary alicyclic amines) is 1. The van der Waals surface area contributed by atoms with E-state index in [4.69, 9.17) is 21.4 Å². The lowest BCUT2D eigenvalue weighted by Crippen LogP contribution is -2.55. The van der Waals surface area contributed by atoms with E-state index in [-0.39, 0.29) is 6.61 Å². The number of aliphatic hydroxyl groups excluding tert-OH is 1. The summed E-state index contributed by atoms with van der Waals surface area (Å²) in [5.74, 6) is 0.840. The minimum Gasteiger partial charge on any atom is -0.491 e. The summed E-state index contributed by atoms with van der Waals surface area (Å²) in [7, 11) is 0. The Kier molecular flexibility index (Phi) is 7.50. The molecule has 4 rings (SSSR count). The van der Waals surface area contributed by atoms with Crippen LogP contribution in [0.15, 0.2) is 48.5 Å². The molecule has 1 atom stereocenters. The molecule has 5 nitrogen and oxygen atoms in total. The maximum absolute atomic E-state index is 8.96. The van der Waals surface area contributed by atoms with Gasteiger partial charge in [-0.25, -0.2) is 0 Å². The number of hydrogen-bond donors (Lipinski definition) is 1. The van der Waals surface area contributed by atoms with Gasteiger partial charge in [-0.05, 0) is 55.3 Å². The standard InChI is InChI=1S/C24H32ClN3O2/c25-21-5-2-6-22(17-21)27-10-12-28(13-11-27)23-7-3-9-26(19-23)18-20-4-1-8-24(16-20)30-15-14-29/h1-2,4-6,8,16-17,23,29H,3,7,9-15,18-19H2. The summed E-state index contributed by atoms with van der Waals surface area (Å²) in [5.41, 5.74) is 2.51. The second kappa shape index (κ2) is 10.5. The van der Waals surface area contributed by atoms with Gasteiger partial charge < -0.3 is 14.7 Å². The molecule has 0 aromatic heterocycles. The lowest BCUT2D eigenvalue weighted by atomic mass is 10.0. The average molecular weight is 430 g/mol. The van der Waals surface area contributed by atoms with E-state index in [1.54, 1.807) is 0 Å². The zero-order valence-electron chi connectivity index (χ0n) is 17.5. The van der Waals surface area contributed by atoms with Gasteiger partial charge in [0.15, 0.2) is 0 Å². The smallest absolute Gasteiger partial charge is 0.119 e. The largest absolute Gasteiger partial charge is 0.491 e. The molecule has 2 heterocycles. The van der Waals surface area contributed by atoms with Gasteiger partial charge in [-0.2, -0.15) is 0 Å². The van der Waals surface area contributed by atoms with E-state index in [2.05, 4.69) is 39.0 Å². The predicted octanol–water partition coefficient (Wildman–Crippen LogP) is 3.50. The molecular formula is C24H32ClN3O2. The third-order valence-corrected chi connectivity index (χ3v) is 6.38. The molecule has 2 fully saturated rings. The van der Waals surface area contributed by atoms with E-state index < -0.39 is 0 Å². The van der Waals surface area contributed by atoms with Gasteiger partial charge >= 0.3 is 0 Å². The summed E-state index contributed by atoms with van der Waals surface area (Å²) >= 11 is 6.17. The van der Waals surface area contributed by atoms with E-state index in [0.29, 0.717) is 12.6 Å². The first-order valence-electron chi connectivity index (χ1n) is 11.0. The summed E-state index contributed by atoms with van der Waals surface area (Å²) in [5, 5.41) is 9.77. The molecule has 0 spiro atoms. The van der Waals surface area contributed by atoms with Crippen molar-refractivity contribution in [3.8, 4) is 5.75 Å². The highest BCUT2D eigenvalue weighted by Gasteiger charge is 2.28. The van der Waals surface area contributed by atoms with Gasteiger partial charge in [-0.3, -0.25) is 9.80 Å². The fourth-order valence-electron chi connectivity index (χ4n) is 4.65. The van der Waals surface area contributed by atoms with E-state index >= 15 is 0 Å². The number of rotatable bonds is 7. The van der Waals surface area contributed by atoms with Crippen LogP contribution in [0.1, 0.15) is 18.4 Å². The van der Waals surface area contributed by atoms with Crippen molar-refractivity contribution in [1.82, 2.24) is 9.80 Å². The Labute approximate surface area is 184 Å². The molecule has 30 heavy (non-hydrogen) atoms. The van der Waals surface area contributed by atoms with Crippen molar-refractivity contribution >= 4 is 17.3 Å². The van der Waals surface area contributed by atoms with Crippen LogP contribution in [0.2, 0.25) is 5.02 Å². The van der Waals surface area contributed by atoms with E-state index in [9.17, 15) is 0 Å². The van der Waals surface area contributed by atoms with Crippen molar-refractivity contribution < 1.29 is 9.84 Å². The predicted molar refractivity (Wildman–Crippen MR) is 123 cm³/mol. The summed E-state index contributed by atoms with van der Waals surface area (Å²) in [4.78, 5) is 7.69. The average Bonchev–Trinajstić information content (AvgIpc) is 2.78. The van der Waals surface area contributed by atoms with Gasteiger partial charge in [0, 0.05) is 56.0 Å². The van der Waals surface area contributed by atoms with Crippen LogP contribution in [0.25, 0.3) is 0 Å². The van der Waals surface area contributed by atoms with Crippen LogP contribution in [0.5, 0.6) is 5.75 Å². The highest BCUT2D eigenvalue weighted by atomic mass is 35.5. The maximum Gasteiger partial charge on any atom is 0.119 e. The van der Waals surface area contributed by atoms with Crippen molar-refractivity contribution in [2.75, 3.05) is 57.4 Å². The molecule has 2 saturated heterocycles. The Hall–Kier alpha value is -1.79. The van der Waals surface area contributed by atoms with Crippen molar-refractivity contribution in [2.24, 2.45) is 0 Å². The monoisotopic (exact) mass is 429 g/mol. The van der Waals surface area contributed by atoms with Crippen LogP contribution in [-0.2, 0) is 6.54 Å². The highest BCUT2D eigenvalue weighted by Crippen LogP contribution is 2.24. The number of aliphatic hydroxyl groups is 1. The minimum atomic E-state index is 0.0443. The maximum atomic E-state index is 8.96. The van der Waals surface area contributed by atoms with Crippen molar-refractivity contribution in [2.45, 2.75) is 25.4 Å². The van der Waals surface area contributed by atoms with Gasteiger partial charge in [0.05, 0.1) is 6.61 Å². The molecule has 2 aromatic carbocycles. The Morgan fingerprint density at radius 2 is 1.83 bits per heavy atom. The molecule has 0 saturated carbocycles. The third-order valence-electron chi connectivity index (χ3n) is 6.15. The fraction of sp³-hybridized carbons (Fsp3) is 0.500. The zero-order valence-corrected chi connectivity index (χ0v) is 18.3. The first-order valence-corrected chi connectivity index (χ1v) is 11.4. The van der Waals surface area contributed by atoms with Gasteiger partial charge in [0.1, 0.15) is 12.4 Å². The molecule has 2 aliphatic rings. The van der Waals surface area contributed by atoms with Gasteiger partial charge in [0.2, 0.25) is 0 Å². The SMILES string of the molecule is OCCOc1cccc(CN2CCCC(N3CCN(c4cccc(Cl)c4)CC3)C2)c1. The topological polar surface area (TPSA) is 39.2 Å². The minimum absolute atomic E-state index is 0.0443. The number of benzene rings is 2. The molecule has 6 heteroatoms. The van der Waals surface area contributed by atoms with Crippen LogP contribution in [0.4, 0.5) is 5.69 Å². The second-order valence-corrected chi connectivity index (χ2v) is 8.69. The second-order valence-electron chi connectivity index (χ2n) is 8.25. The quantitative estimate of drug-likeness (QED) is 0.729. The first kappa shape index (κ1) is 21.4. The Bertz CT molecular complexity index is 811. The number of nitrogens with zero attached hydrogens (tertiary/aromatic N) is 3. The molecule has 2 aliphatic heterocycles. The summed E-state index contributed by atoms with van der Waals surface area (Å²) < 4.78 is 5.57. The van der Waals surface area contributed by atoms with Crippen LogP contribution in [0.3, 0.4) is 0 Å². The molecule has 1 N–H and O–H groups in total. The van der Waals surface area contributed by atoms with Crippen LogP contribution in [0, 0.1) is 0 Å². The summed E-state index contributed by atoms with van der Waals surface area (Å²) in [6, 6.07) is 17.1. The number of hydrogen-bond acceptors (Lipinski definition) is 5. The Morgan fingerprint density at radius 3 is 2.63 bits per heavy atom. The van der Waals surface area contributed by atoms with Crippen molar-refractivity contribution in [3.05, 3.63) is 59.1 Å². The third kappa shape index (κ3) is 5.67. The van der Waals surface area contributed by atoms with Crippen LogP contribution >= 0.6 is 11.6 Å². The van der Waals surface area contributed by atoms with Crippen LogP contribution < -0.4 is 9.64 Å². The number of halogens is 1. The molecule has 0 aliphatic carbocycles. The van der Waals surface area contributed by atoms with Crippen molar-refractivity contribution in [1.29, 1.82) is 0 Å². The summed E-state index contributed by atoms with van der Waals surface area (Å²) in [6.07, 6.45) is 2.53. The number of piperazine rings is 1. The molecule has 2 aromatic rings. The van der Waals surface area contributed by atoms with E-state index in [1.165, 1.54) is 24.1 Å². The molecular weight excluding hydrogens is 398 g/mol. The fourth-order valence-corrected chi connectivity index (χ4v) is 4.83. The highest BCUT2D eigenvalue weighted by molar-refractivity contribution is 6.30. The Morgan fingerprint density at radius 1 is 1.00 bits per heavy atom. The van der Waals surface area contributed by atoms with Gasteiger partial charge in [0.25, 0.3) is 0 Å². The lowest BCUT2D eigenvalue weighted by Gasteiger charge is -2.44. The van der Waals surface area contributed by atoms with E-state index in [0.717, 1.165) is 56.6 Å². The molecule has 1 unspecified atom stereocenters. The number of anilines is 1. The molecule has 0 amide bonds. The molecule has 0 radical (unpaired) electrons. The van der Waals surface area contributed by atoms with Gasteiger partial charge in [-0.15, -0.1) is 0 Å². The molecule has 0 bridgehead atoms. The van der Waals surface area contributed by atoms with Gasteiger partial charge in [-0.1, -0.05) is 29.8 Å².